The number of halogens is 1. The first-order valence-corrected chi connectivity index (χ1v) is 7.61. The van der Waals surface area contributed by atoms with Crippen LogP contribution in [0.2, 0.25) is 0 Å². The Balaban J connectivity index is 1.67. The van der Waals surface area contributed by atoms with Gasteiger partial charge in [-0.1, -0.05) is 23.9 Å². The number of carbonyl (C=O) groups is 1. The second kappa shape index (κ2) is 6.66. The Bertz CT molecular complexity index is 831. The van der Waals surface area contributed by atoms with E-state index in [9.17, 15) is 9.18 Å². The van der Waals surface area contributed by atoms with Crippen LogP contribution in [0.15, 0.2) is 46.2 Å². The number of ether oxygens (including phenoxy) is 1. The summed E-state index contributed by atoms with van der Waals surface area (Å²) in [5.74, 6) is 0.347. The monoisotopic (exact) mass is 333 g/mol. The summed E-state index contributed by atoms with van der Waals surface area (Å²) in [5.41, 5.74) is 0.636. The van der Waals surface area contributed by atoms with Gasteiger partial charge in [-0.3, -0.25) is 0 Å². The molecule has 0 saturated heterocycles. The molecule has 0 aliphatic rings. The molecule has 1 N–H and O–H groups in total. The van der Waals surface area contributed by atoms with E-state index in [4.69, 9.17) is 4.42 Å². The Hall–Kier alpha value is -2.61. The van der Waals surface area contributed by atoms with E-state index in [1.54, 1.807) is 18.2 Å². The third-order valence-electron chi connectivity index (χ3n) is 2.98. The molecular formula is C15H12FN3O3S. The molecule has 6 nitrogen and oxygen atoms in total. The fraction of sp³-hybridized carbons (Fsp3) is 0.133. The highest BCUT2D eigenvalue weighted by molar-refractivity contribution is 7.98. The minimum absolute atomic E-state index is 0.273. The summed E-state index contributed by atoms with van der Waals surface area (Å²) < 4.78 is 23.8. The van der Waals surface area contributed by atoms with E-state index < -0.39 is 5.97 Å². The zero-order valence-corrected chi connectivity index (χ0v) is 12.9. The van der Waals surface area contributed by atoms with Crippen molar-refractivity contribution in [1.29, 1.82) is 0 Å². The normalized spacial score (nSPS) is 10.7. The van der Waals surface area contributed by atoms with Crippen LogP contribution in [0.3, 0.4) is 0 Å². The van der Waals surface area contributed by atoms with E-state index in [-0.39, 0.29) is 11.5 Å². The number of rotatable bonds is 5. The van der Waals surface area contributed by atoms with Crippen molar-refractivity contribution in [2.24, 2.45) is 0 Å². The molecule has 8 heteroatoms. The summed E-state index contributed by atoms with van der Waals surface area (Å²) in [6, 6.07) is 6.33. The van der Waals surface area contributed by atoms with Gasteiger partial charge in [0.25, 0.3) is 0 Å². The molecule has 0 aliphatic heterocycles. The number of hydrogen-bond donors (Lipinski definition) is 1. The SMILES string of the molecule is COC(=O)c1cnc(SCc2ncc(-c3ccccc3F)o2)[nH]1. The molecule has 0 bridgehead atoms. The van der Waals surface area contributed by atoms with E-state index in [0.29, 0.717) is 28.1 Å². The van der Waals surface area contributed by atoms with Crippen molar-refractivity contribution in [1.82, 2.24) is 15.0 Å². The molecule has 0 amide bonds. The number of aromatic amines is 1. The van der Waals surface area contributed by atoms with Crippen LogP contribution in [0.5, 0.6) is 0 Å². The van der Waals surface area contributed by atoms with Crippen molar-refractivity contribution >= 4 is 17.7 Å². The molecule has 23 heavy (non-hydrogen) atoms. The molecule has 0 saturated carbocycles. The van der Waals surface area contributed by atoms with Gasteiger partial charge in [-0.25, -0.2) is 19.2 Å². The number of esters is 1. The lowest BCUT2D eigenvalue weighted by molar-refractivity contribution is 0.0594. The van der Waals surface area contributed by atoms with E-state index in [0.717, 1.165) is 0 Å². The minimum atomic E-state index is -0.484. The summed E-state index contributed by atoms with van der Waals surface area (Å²) in [7, 11) is 1.30. The van der Waals surface area contributed by atoms with E-state index in [1.165, 1.54) is 37.3 Å². The molecule has 0 aliphatic carbocycles. The molecule has 1 aromatic carbocycles. The van der Waals surface area contributed by atoms with Gasteiger partial charge in [0.15, 0.2) is 10.9 Å². The molecule has 0 unspecified atom stereocenters. The van der Waals surface area contributed by atoms with E-state index >= 15 is 0 Å². The first-order valence-electron chi connectivity index (χ1n) is 6.63. The van der Waals surface area contributed by atoms with Crippen LogP contribution in [0.25, 0.3) is 11.3 Å². The van der Waals surface area contributed by atoms with Crippen molar-refractivity contribution in [2.45, 2.75) is 10.9 Å². The molecule has 118 valence electrons. The lowest BCUT2D eigenvalue weighted by atomic mass is 10.2. The maximum atomic E-state index is 13.7. The zero-order chi connectivity index (χ0) is 16.2. The van der Waals surface area contributed by atoms with Gasteiger partial charge >= 0.3 is 5.97 Å². The number of H-pyrrole nitrogens is 1. The first kappa shape index (κ1) is 15.3. The summed E-state index contributed by atoms with van der Waals surface area (Å²) in [4.78, 5) is 22.3. The predicted molar refractivity (Wildman–Crippen MR) is 81.4 cm³/mol. The molecular weight excluding hydrogens is 321 g/mol. The molecule has 0 atom stereocenters. The van der Waals surface area contributed by atoms with Crippen LogP contribution in [-0.4, -0.2) is 28.0 Å². The van der Waals surface area contributed by atoms with Crippen LogP contribution in [-0.2, 0) is 10.5 Å². The van der Waals surface area contributed by atoms with Gasteiger partial charge in [-0.15, -0.1) is 0 Å². The maximum Gasteiger partial charge on any atom is 0.356 e. The molecule has 3 aromatic rings. The fourth-order valence-electron chi connectivity index (χ4n) is 1.88. The molecule has 0 spiro atoms. The Labute approximate surface area is 135 Å². The average Bonchev–Trinajstić information content (AvgIpc) is 3.22. The van der Waals surface area contributed by atoms with Gasteiger partial charge in [-0.05, 0) is 12.1 Å². The number of carbonyl (C=O) groups excluding carboxylic acids is 1. The van der Waals surface area contributed by atoms with E-state index in [1.807, 2.05) is 0 Å². The number of methoxy groups -OCH3 is 1. The standard InChI is InChI=1S/C15H12FN3O3S/c1-21-14(20)11-6-18-15(19-11)23-8-13-17-7-12(22-13)9-4-2-3-5-10(9)16/h2-7H,8H2,1H3,(H,18,19). The van der Waals surface area contributed by atoms with Crippen LogP contribution in [0, 0.1) is 5.82 Å². The van der Waals surface area contributed by atoms with Crippen LogP contribution >= 0.6 is 11.8 Å². The summed E-state index contributed by atoms with van der Waals surface area (Å²) in [5, 5.41) is 0.538. The number of hydrogen-bond acceptors (Lipinski definition) is 6. The fourth-order valence-corrected chi connectivity index (χ4v) is 2.59. The minimum Gasteiger partial charge on any atom is -0.464 e. The third kappa shape index (κ3) is 3.42. The summed E-state index contributed by atoms with van der Waals surface area (Å²) in [6.45, 7) is 0. The van der Waals surface area contributed by atoms with Gasteiger partial charge in [-0.2, -0.15) is 0 Å². The van der Waals surface area contributed by atoms with Crippen LogP contribution in [0.4, 0.5) is 4.39 Å². The molecule has 3 rings (SSSR count). The predicted octanol–water partition coefficient (Wildman–Crippen LogP) is 3.28. The van der Waals surface area contributed by atoms with E-state index in [2.05, 4.69) is 19.7 Å². The maximum absolute atomic E-state index is 13.7. The zero-order valence-electron chi connectivity index (χ0n) is 12.1. The van der Waals surface area contributed by atoms with Gasteiger partial charge in [0.2, 0.25) is 5.89 Å². The number of thioether (sulfide) groups is 1. The van der Waals surface area contributed by atoms with Crippen molar-refractivity contribution in [3.8, 4) is 11.3 Å². The Morgan fingerprint density at radius 1 is 1.35 bits per heavy atom. The Kier molecular flexibility index (Phi) is 4.42. The average molecular weight is 333 g/mol. The number of imidazole rings is 1. The molecule has 2 heterocycles. The molecule has 0 radical (unpaired) electrons. The van der Waals surface area contributed by atoms with Crippen molar-refractivity contribution in [3.05, 3.63) is 54.1 Å². The third-order valence-corrected chi connectivity index (χ3v) is 3.86. The lowest BCUT2D eigenvalue weighted by Gasteiger charge is -1.97. The second-order valence-electron chi connectivity index (χ2n) is 4.48. The molecule has 2 aromatic heterocycles. The van der Waals surface area contributed by atoms with Crippen molar-refractivity contribution in [2.75, 3.05) is 7.11 Å². The quantitative estimate of drug-likeness (QED) is 0.570. The number of oxazole rings is 1. The number of nitrogens with one attached hydrogen (secondary N) is 1. The summed E-state index contributed by atoms with van der Waals surface area (Å²) >= 11 is 1.31. The largest absolute Gasteiger partial charge is 0.464 e. The van der Waals surface area contributed by atoms with Crippen molar-refractivity contribution < 1.29 is 18.3 Å². The van der Waals surface area contributed by atoms with Gasteiger partial charge in [0.1, 0.15) is 11.5 Å². The highest BCUT2D eigenvalue weighted by atomic mass is 32.2. The number of benzene rings is 1. The van der Waals surface area contributed by atoms with Crippen molar-refractivity contribution in [3.63, 3.8) is 0 Å². The molecule has 0 fully saturated rings. The Morgan fingerprint density at radius 2 is 2.17 bits per heavy atom. The van der Waals surface area contributed by atoms with Gasteiger partial charge < -0.3 is 14.1 Å². The summed E-state index contributed by atoms with van der Waals surface area (Å²) in [6.07, 6.45) is 2.88. The van der Waals surface area contributed by atoms with Gasteiger partial charge in [0.05, 0.1) is 30.8 Å². The van der Waals surface area contributed by atoms with Crippen LogP contribution < -0.4 is 0 Å². The first-order chi connectivity index (χ1) is 11.2. The number of nitrogens with zero attached hydrogens (tertiary/aromatic N) is 2. The smallest absolute Gasteiger partial charge is 0.356 e. The highest BCUT2D eigenvalue weighted by Crippen LogP contribution is 2.26. The lowest BCUT2D eigenvalue weighted by Crippen LogP contribution is -2.00. The van der Waals surface area contributed by atoms with Crippen LogP contribution in [0.1, 0.15) is 16.4 Å². The number of aromatic nitrogens is 3. The topological polar surface area (TPSA) is 81.0 Å². The second-order valence-corrected chi connectivity index (χ2v) is 5.44. The van der Waals surface area contributed by atoms with Gasteiger partial charge in [0, 0.05) is 0 Å². The Morgan fingerprint density at radius 3 is 2.96 bits per heavy atom. The highest BCUT2D eigenvalue weighted by Gasteiger charge is 2.13.